The molecule has 0 spiro atoms. The fraction of sp³-hybridized carbons (Fsp3) is 0.167. The van der Waals surface area contributed by atoms with Gasteiger partial charge in [-0.15, -0.1) is 0 Å². The Morgan fingerprint density at radius 3 is 2.54 bits per heavy atom. The number of benzene rings is 2. The Morgan fingerprint density at radius 1 is 1.15 bits per heavy atom. The van der Waals surface area contributed by atoms with Gasteiger partial charge in [0.2, 0.25) is 0 Å². The summed E-state index contributed by atoms with van der Waals surface area (Å²) in [7, 11) is 0. The number of carbonyl (C=O) groups is 2. The number of hydrazone groups is 1. The highest BCUT2D eigenvalue weighted by atomic mass is 127. The third-order valence-electron chi connectivity index (χ3n) is 3.10. The van der Waals surface area contributed by atoms with E-state index in [1.165, 1.54) is 6.21 Å². The molecule has 8 heteroatoms. The zero-order valence-electron chi connectivity index (χ0n) is 13.9. The number of rotatable bonds is 8. The molecule has 0 aromatic heterocycles. The molecule has 0 aliphatic rings. The van der Waals surface area contributed by atoms with Crippen molar-refractivity contribution in [3.05, 3.63) is 57.2 Å². The van der Waals surface area contributed by atoms with Gasteiger partial charge >= 0.3 is 5.97 Å². The molecule has 0 heterocycles. The van der Waals surface area contributed by atoms with Gasteiger partial charge < -0.3 is 14.6 Å². The number of hydrogen-bond donors (Lipinski definition) is 2. The van der Waals surface area contributed by atoms with Crippen molar-refractivity contribution in [2.75, 3.05) is 13.2 Å². The summed E-state index contributed by atoms with van der Waals surface area (Å²) in [4.78, 5) is 22.6. The van der Waals surface area contributed by atoms with Crippen LogP contribution < -0.4 is 14.9 Å². The van der Waals surface area contributed by atoms with Gasteiger partial charge in [0.05, 0.1) is 12.8 Å². The van der Waals surface area contributed by atoms with Gasteiger partial charge in [0, 0.05) is 9.13 Å². The van der Waals surface area contributed by atoms with Gasteiger partial charge in [-0.3, -0.25) is 4.79 Å². The largest absolute Gasteiger partial charge is 0.490 e. The summed E-state index contributed by atoms with van der Waals surface area (Å²) in [5, 5.41) is 12.6. The first kappa shape index (κ1) is 19.7. The minimum atomic E-state index is -1.07. The number of nitrogens with zero attached hydrogens (tertiary/aromatic N) is 1. The Morgan fingerprint density at radius 2 is 1.88 bits per heavy atom. The van der Waals surface area contributed by atoms with Crippen molar-refractivity contribution in [3.63, 3.8) is 0 Å². The lowest BCUT2D eigenvalue weighted by atomic mass is 10.2. The molecular formula is C18H17IN2O5. The van der Waals surface area contributed by atoms with E-state index in [2.05, 4.69) is 33.1 Å². The summed E-state index contributed by atoms with van der Waals surface area (Å²) >= 11 is 2.16. The summed E-state index contributed by atoms with van der Waals surface area (Å²) < 4.78 is 11.7. The van der Waals surface area contributed by atoms with Crippen LogP contribution in [-0.4, -0.2) is 36.4 Å². The maximum absolute atomic E-state index is 12.0. The quantitative estimate of drug-likeness (QED) is 0.353. The molecule has 2 aromatic rings. The Kier molecular flexibility index (Phi) is 7.39. The first-order valence-electron chi connectivity index (χ1n) is 7.70. The normalized spacial score (nSPS) is 10.5. The lowest BCUT2D eigenvalue weighted by Gasteiger charge is -2.11. The van der Waals surface area contributed by atoms with Crippen LogP contribution in [0.15, 0.2) is 47.6 Å². The van der Waals surface area contributed by atoms with Crippen molar-refractivity contribution < 1.29 is 24.2 Å². The first-order valence-corrected chi connectivity index (χ1v) is 8.78. The Labute approximate surface area is 164 Å². The van der Waals surface area contributed by atoms with Gasteiger partial charge in [0.25, 0.3) is 5.91 Å². The van der Waals surface area contributed by atoms with Gasteiger partial charge in [0.15, 0.2) is 18.1 Å². The van der Waals surface area contributed by atoms with Crippen molar-refractivity contribution >= 4 is 40.7 Å². The number of nitrogens with one attached hydrogen (secondary N) is 1. The molecule has 1 amide bonds. The zero-order valence-corrected chi connectivity index (χ0v) is 16.1. The molecule has 2 N–H and O–H groups in total. The minimum absolute atomic E-state index is 0.316. The van der Waals surface area contributed by atoms with Crippen LogP contribution in [0.3, 0.4) is 0 Å². The molecule has 26 heavy (non-hydrogen) atoms. The summed E-state index contributed by atoms with van der Waals surface area (Å²) in [6.45, 7) is 1.75. The highest BCUT2D eigenvalue weighted by Crippen LogP contribution is 2.28. The van der Waals surface area contributed by atoms with Crippen LogP contribution in [0.25, 0.3) is 0 Å². The van der Waals surface area contributed by atoms with Crippen LogP contribution in [0, 0.1) is 3.57 Å². The van der Waals surface area contributed by atoms with Crippen molar-refractivity contribution in [3.8, 4) is 11.5 Å². The number of amides is 1. The number of carboxylic acids is 1. The van der Waals surface area contributed by atoms with Crippen LogP contribution in [0.1, 0.15) is 22.8 Å². The second kappa shape index (κ2) is 9.76. The van der Waals surface area contributed by atoms with E-state index < -0.39 is 12.6 Å². The van der Waals surface area contributed by atoms with Crippen LogP contribution in [-0.2, 0) is 4.79 Å². The molecule has 0 unspecified atom stereocenters. The summed E-state index contributed by atoms with van der Waals surface area (Å²) in [5.41, 5.74) is 3.63. The Bertz CT molecular complexity index is 806. The maximum atomic E-state index is 12.0. The van der Waals surface area contributed by atoms with E-state index in [1.807, 2.05) is 19.1 Å². The average molecular weight is 468 g/mol. The molecule has 2 aromatic carbocycles. The van der Waals surface area contributed by atoms with E-state index in [1.54, 1.807) is 30.3 Å². The molecule has 2 rings (SSSR count). The van der Waals surface area contributed by atoms with Gasteiger partial charge in [0.1, 0.15) is 0 Å². The van der Waals surface area contributed by atoms with Crippen molar-refractivity contribution in [1.82, 2.24) is 5.43 Å². The maximum Gasteiger partial charge on any atom is 0.341 e. The first-order chi connectivity index (χ1) is 12.5. The highest BCUT2D eigenvalue weighted by molar-refractivity contribution is 14.1. The molecular weight excluding hydrogens is 451 g/mol. The van der Waals surface area contributed by atoms with E-state index in [9.17, 15) is 9.59 Å². The summed E-state index contributed by atoms with van der Waals surface area (Å²) in [6, 6.07) is 12.0. The second-order valence-electron chi connectivity index (χ2n) is 5.03. The number of hydrogen-bond acceptors (Lipinski definition) is 5. The molecule has 0 saturated carbocycles. The molecule has 0 atom stereocenters. The molecule has 0 saturated heterocycles. The predicted octanol–water partition coefficient (Wildman–Crippen LogP) is 2.92. The molecule has 0 aliphatic heterocycles. The van der Waals surface area contributed by atoms with Gasteiger partial charge in [-0.05, 0) is 77.5 Å². The van der Waals surface area contributed by atoms with E-state index in [-0.39, 0.29) is 5.91 Å². The number of ether oxygens (including phenoxy) is 2. The van der Waals surface area contributed by atoms with Gasteiger partial charge in [-0.2, -0.15) is 5.10 Å². The Balaban J connectivity index is 2.04. The summed E-state index contributed by atoms with van der Waals surface area (Å²) in [5.74, 6) is -0.656. The topological polar surface area (TPSA) is 97.2 Å². The van der Waals surface area contributed by atoms with E-state index >= 15 is 0 Å². The number of carboxylic acid groups (broad SMARTS) is 1. The fourth-order valence-electron chi connectivity index (χ4n) is 1.96. The SMILES string of the molecule is CCOc1cc(/C=N\NC(=O)c2ccc(I)cc2)ccc1OCC(=O)O. The van der Waals surface area contributed by atoms with Gasteiger partial charge in [-0.25, -0.2) is 10.2 Å². The molecule has 0 aliphatic carbocycles. The second-order valence-corrected chi connectivity index (χ2v) is 6.27. The fourth-order valence-corrected chi connectivity index (χ4v) is 2.32. The standard InChI is InChI=1S/C18H17IN2O5/c1-2-25-16-9-12(3-8-15(16)26-11-17(22)23)10-20-21-18(24)13-4-6-14(19)7-5-13/h3-10H,2,11H2,1H3,(H,21,24)(H,22,23)/b20-10-. The number of aliphatic carboxylic acids is 1. The van der Waals surface area contributed by atoms with E-state index in [0.29, 0.717) is 29.2 Å². The smallest absolute Gasteiger partial charge is 0.341 e. The van der Waals surface area contributed by atoms with E-state index in [4.69, 9.17) is 14.6 Å². The number of carbonyl (C=O) groups excluding carboxylic acids is 1. The molecule has 0 radical (unpaired) electrons. The third-order valence-corrected chi connectivity index (χ3v) is 3.82. The Hall–Kier alpha value is -2.62. The lowest BCUT2D eigenvalue weighted by Crippen LogP contribution is -2.17. The molecule has 0 bridgehead atoms. The molecule has 136 valence electrons. The monoisotopic (exact) mass is 468 g/mol. The average Bonchev–Trinajstić information content (AvgIpc) is 2.61. The zero-order chi connectivity index (χ0) is 18.9. The lowest BCUT2D eigenvalue weighted by molar-refractivity contribution is -0.139. The van der Waals surface area contributed by atoms with Crippen LogP contribution >= 0.6 is 22.6 Å². The van der Waals surface area contributed by atoms with Gasteiger partial charge in [-0.1, -0.05) is 0 Å². The van der Waals surface area contributed by atoms with Crippen molar-refractivity contribution in [2.24, 2.45) is 5.10 Å². The summed E-state index contributed by atoms with van der Waals surface area (Å²) in [6.07, 6.45) is 1.47. The molecule has 0 fully saturated rings. The number of halogens is 1. The van der Waals surface area contributed by atoms with Crippen molar-refractivity contribution in [1.29, 1.82) is 0 Å². The van der Waals surface area contributed by atoms with E-state index in [0.717, 1.165) is 3.57 Å². The highest BCUT2D eigenvalue weighted by Gasteiger charge is 2.08. The van der Waals surface area contributed by atoms with Crippen LogP contribution in [0.4, 0.5) is 0 Å². The predicted molar refractivity (Wildman–Crippen MR) is 105 cm³/mol. The third kappa shape index (κ3) is 6.03. The molecule has 7 nitrogen and oxygen atoms in total. The van der Waals surface area contributed by atoms with Crippen molar-refractivity contribution in [2.45, 2.75) is 6.92 Å². The van der Waals surface area contributed by atoms with Crippen LogP contribution in [0.2, 0.25) is 0 Å². The minimum Gasteiger partial charge on any atom is -0.490 e. The van der Waals surface area contributed by atoms with Crippen LogP contribution in [0.5, 0.6) is 11.5 Å².